The normalized spacial score (nSPS) is 10.6. The van der Waals surface area contributed by atoms with Crippen LogP contribution in [0.25, 0.3) is 0 Å². The van der Waals surface area contributed by atoms with E-state index in [4.69, 9.17) is 18.9 Å². The molecule has 0 aliphatic carbocycles. The second-order valence-electron chi connectivity index (χ2n) is 6.65. The quantitative estimate of drug-likeness (QED) is 0.529. The van der Waals surface area contributed by atoms with E-state index in [0.29, 0.717) is 29.2 Å². The van der Waals surface area contributed by atoms with Gasteiger partial charge in [-0.3, -0.25) is 4.79 Å². The van der Waals surface area contributed by atoms with Gasteiger partial charge >= 0.3 is 6.61 Å². The number of carbonyl (C=O) groups is 1. The minimum atomic E-state index is -2.97. The monoisotopic (exact) mass is 439 g/mol. The topological polar surface area (TPSA) is 66.5 Å². The minimum Gasteiger partial charge on any atom is -0.493 e. The number of aryl methyl sites for hydroxylation is 1. The first-order chi connectivity index (χ1) is 14.8. The molecule has 170 valence electrons. The van der Waals surface area contributed by atoms with Gasteiger partial charge in [-0.2, -0.15) is 8.78 Å². The predicted octanol–water partition coefficient (Wildman–Crippen LogP) is 3.91. The van der Waals surface area contributed by atoms with Crippen molar-refractivity contribution in [2.24, 2.45) is 0 Å². The number of rotatable bonds is 11. The molecule has 0 spiro atoms. The third kappa shape index (κ3) is 6.37. The number of halogens is 2. The second kappa shape index (κ2) is 11.2. The van der Waals surface area contributed by atoms with Crippen molar-refractivity contribution in [2.75, 3.05) is 35.5 Å². The maximum Gasteiger partial charge on any atom is 0.387 e. The Morgan fingerprint density at radius 2 is 1.45 bits per heavy atom. The van der Waals surface area contributed by atoms with Gasteiger partial charge in [0, 0.05) is 20.0 Å². The highest BCUT2D eigenvalue weighted by Crippen LogP contribution is 2.38. The zero-order valence-corrected chi connectivity index (χ0v) is 18.2. The molecule has 9 heteroatoms. The van der Waals surface area contributed by atoms with Crippen LogP contribution in [-0.4, -0.2) is 52.9 Å². The van der Waals surface area contributed by atoms with Crippen LogP contribution in [0.4, 0.5) is 8.78 Å². The Hall–Kier alpha value is -3.23. The lowest BCUT2D eigenvalue weighted by atomic mass is 10.1. The Labute approximate surface area is 180 Å². The van der Waals surface area contributed by atoms with Gasteiger partial charge in [0.1, 0.15) is 0 Å². The molecule has 0 aliphatic rings. The maximum absolute atomic E-state index is 12.6. The molecule has 0 aromatic heterocycles. The molecule has 0 heterocycles. The number of methoxy groups -OCH3 is 4. The molecule has 0 radical (unpaired) electrons. The van der Waals surface area contributed by atoms with E-state index in [1.54, 1.807) is 25.2 Å². The SMILES string of the molecule is COc1ccc(CN(C)C(=O)CCc2cc(OC)c(OC)c(OC)c2)cc1OC(F)F. The predicted molar refractivity (Wildman–Crippen MR) is 111 cm³/mol. The van der Waals surface area contributed by atoms with E-state index in [-0.39, 0.29) is 30.4 Å². The zero-order valence-electron chi connectivity index (χ0n) is 18.2. The van der Waals surface area contributed by atoms with Crippen molar-refractivity contribution in [3.05, 3.63) is 41.5 Å². The molecule has 0 N–H and O–H groups in total. The molecular formula is C22H27F2NO6. The van der Waals surface area contributed by atoms with Gasteiger partial charge in [-0.05, 0) is 41.8 Å². The highest BCUT2D eigenvalue weighted by Gasteiger charge is 2.16. The van der Waals surface area contributed by atoms with Crippen LogP contribution in [-0.2, 0) is 17.8 Å². The molecular weight excluding hydrogens is 412 g/mol. The van der Waals surface area contributed by atoms with E-state index < -0.39 is 6.61 Å². The van der Waals surface area contributed by atoms with Gasteiger partial charge in [0.05, 0.1) is 28.4 Å². The standard InChI is InChI=1S/C22H27F2NO6/c1-25(13-15-6-8-16(27-2)17(12-15)31-22(23)24)20(26)9-7-14-10-18(28-3)21(30-5)19(11-14)29-4/h6,8,10-12,22H,7,9,13H2,1-5H3. The van der Waals surface area contributed by atoms with E-state index in [1.165, 1.54) is 45.5 Å². The third-order valence-electron chi connectivity index (χ3n) is 4.64. The van der Waals surface area contributed by atoms with E-state index >= 15 is 0 Å². The molecule has 0 unspecified atom stereocenters. The number of amides is 1. The highest BCUT2D eigenvalue weighted by atomic mass is 19.3. The molecule has 0 saturated carbocycles. The molecule has 31 heavy (non-hydrogen) atoms. The van der Waals surface area contributed by atoms with Crippen LogP contribution in [0, 0.1) is 0 Å². The lowest BCUT2D eigenvalue weighted by Gasteiger charge is -2.19. The molecule has 1 amide bonds. The van der Waals surface area contributed by atoms with Gasteiger partial charge in [0.15, 0.2) is 23.0 Å². The molecule has 0 fully saturated rings. The van der Waals surface area contributed by atoms with E-state index in [1.807, 2.05) is 0 Å². The largest absolute Gasteiger partial charge is 0.493 e. The second-order valence-corrected chi connectivity index (χ2v) is 6.65. The molecule has 0 atom stereocenters. The maximum atomic E-state index is 12.6. The van der Waals surface area contributed by atoms with E-state index in [9.17, 15) is 13.6 Å². The molecule has 0 aliphatic heterocycles. The molecule has 0 saturated heterocycles. The van der Waals surface area contributed by atoms with Crippen molar-refractivity contribution in [1.82, 2.24) is 4.90 Å². The Morgan fingerprint density at radius 1 is 0.871 bits per heavy atom. The van der Waals surface area contributed by atoms with Crippen molar-refractivity contribution >= 4 is 5.91 Å². The summed E-state index contributed by atoms with van der Waals surface area (Å²) in [5.41, 5.74) is 1.49. The fourth-order valence-corrected chi connectivity index (χ4v) is 3.09. The Balaban J connectivity index is 2.05. The van der Waals surface area contributed by atoms with Crippen LogP contribution in [0.5, 0.6) is 28.7 Å². The van der Waals surface area contributed by atoms with E-state index in [0.717, 1.165) is 5.56 Å². The van der Waals surface area contributed by atoms with Crippen molar-refractivity contribution in [3.8, 4) is 28.7 Å². The summed E-state index contributed by atoms with van der Waals surface area (Å²) in [7, 11) is 7.60. The first-order valence-electron chi connectivity index (χ1n) is 9.47. The third-order valence-corrected chi connectivity index (χ3v) is 4.64. The molecule has 2 aromatic rings. The van der Waals surface area contributed by atoms with Gasteiger partial charge in [0.2, 0.25) is 11.7 Å². The lowest BCUT2D eigenvalue weighted by Crippen LogP contribution is -2.26. The summed E-state index contributed by atoms with van der Waals surface area (Å²) in [6.07, 6.45) is 0.702. The lowest BCUT2D eigenvalue weighted by molar-refractivity contribution is -0.130. The zero-order chi connectivity index (χ0) is 23.0. The van der Waals surface area contributed by atoms with Crippen LogP contribution in [0.1, 0.15) is 17.5 Å². The number of ether oxygens (including phenoxy) is 5. The summed E-state index contributed by atoms with van der Waals surface area (Å²) in [5.74, 6) is 1.53. The summed E-state index contributed by atoms with van der Waals surface area (Å²) in [5, 5.41) is 0. The van der Waals surface area contributed by atoms with Crippen molar-refractivity contribution in [2.45, 2.75) is 26.0 Å². The molecule has 0 bridgehead atoms. The highest BCUT2D eigenvalue weighted by molar-refractivity contribution is 5.76. The molecule has 7 nitrogen and oxygen atoms in total. The first kappa shape index (κ1) is 24.0. The smallest absolute Gasteiger partial charge is 0.387 e. The average Bonchev–Trinajstić information content (AvgIpc) is 2.76. The van der Waals surface area contributed by atoms with Crippen LogP contribution in [0.3, 0.4) is 0 Å². The number of benzene rings is 2. The van der Waals surface area contributed by atoms with Crippen LogP contribution < -0.4 is 23.7 Å². The fraction of sp³-hybridized carbons (Fsp3) is 0.409. The van der Waals surface area contributed by atoms with Crippen molar-refractivity contribution in [3.63, 3.8) is 0 Å². The number of alkyl halides is 2. The summed E-state index contributed by atoms with van der Waals surface area (Å²) in [4.78, 5) is 14.1. The number of hydrogen-bond acceptors (Lipinski definition) is 6. The summed E-state index contributed by atoms with van der Waals surface area (Å²) >= 11 is 0. The van der Waals surface area contributed by atoms with Crippen molar-refractivity contribution < 1.29 is 37.3 Å². The first-order valence-corrected chi connectivity index (χ1v) is 9.47. The molecule has 2 rings (SSSR count). The van der Waals surface area contributed by atoms with Gasteiger partial charge in [-0.15, -0.1) is 0 Å². The minimum absolute atomic E-state index is 0.0757. The van der Waals surface area contributed by atoms with Crippen LogP contribution in [0.2, 0.25) is 0 Å². The van der Waals surface area contributed by atoms with Crippen LogP contribution >= 0.6 is 0 Å². The Kier molecular flexibility index (Phi) is 8.72. The van der Waals surface area contributed by atoms with Gasteiger partial charge < -0.3 is 28.6 Å². The Bertz CT molecular complexity index is 865. The number of carbonyl (C=O) groups excluding carboxylic acids is 1. The van der Waals surface area contributed by atoms with Gasteiger partial charge in [0.25, 0.3) is 0 Å². The van der Waals surface area contributed by atoms with Gasteiger partial charge in [-0.1, -0.05) is 6.07 Å². The van der Waals surface area contributed by atoms with E-state index in [2.05, 4.69) is 4.74 Å². The summed E-state index contributed by atoms with van der Waals surface area (Å²) in [6.45, 7) is -2.74. The number of nitrogens with zero attached hydrogens (tertiary/aromatic N) is 1. The average molecular weight is 439 g/mol. The summed E-state index contributed by atoms with van der Waals surface area (Å²) in [6, 6.07) is 8.26. The van der Waals surface area contributed by atoms with Crippen molar-refractivity contribution in [1.29, 1.82) is 0 Å². The summed E-state index contributed by atoms with van der Waals surface area (Å²) < 4.78 is 50.7. The van der Waals surface area contributed by atoms with Crippen LogP contribution in [0.15, 0.2) is 30.3 Å². The van der Waals surface area contributed by atoms with Gasteiger partial charge in [-0.25, -0.2) is 0 Å². The fourth-order valence-electron chi connectivity index (χ4n) is 3.09. The molecule has 2 aromatic carbocycles. The Morgan fingerprint density at radius 3 is 1.97 bits per heavy atom. The number of hydrogen-bond donors (Lipinski definition) is 0.